The van der Waals surface area contributed by atoms with Crippen LogP contribution in [0.3, 0.4) is 0 Å². The largest absolute Gasteiger partial charge is 0.315 e. The zero-order chi connectivity index (χ0) is 12.3. The summed E-state index contributed by atoms with van der Waals surface area (Å²) in [6.45, 7) is 4.92. The summed E-state index contributed by atoms with van der Waals surface area (Å²) in [4.78, 5) is 2.36. The maximum absolute atomic E-state index is 13.2. The molecule has 1 unspecified atom stereocenters. The van der Waals surface area contributed by atoms with Gasteiger partial charge in [0.25, 0.3) is 0 Å². The molecule has 1 aromatic rings. The predicted octanol–water partition coefficient (Wildman–Crippen LogP) is 2.32. The summed E-state index contributed by atoms with van der Waals surface area (Å²) in [5.41, 5.74) is 1.93. The molecule has 17 heavy (non-hydrogen) atoms. The highest BCUT2D eigenvalue weighted by molar-refractivity contribution is 5.23. The number of nitrogens with one attached hydrogen (secondary N) is 1. The number of piperidine rings is 1. The Kier molecular flexibility index (Phi) is 4.13. The Balaban J connectivity index is 1.96. The summed E-state index contributed by atoms with van der Waals surface area (Å²) in [6.07, 6.45) is 2.50. The molecule has 0 saturated carbocycles. The van der Waals surface area contributed by atoms with Crippen LogP contribution < -0.4 is 5.32 Å². The van der Waals surface area contributed by atoms with Crippen molar-refractivity contribution in [3.8, 4) is 0 Å². The highest BCUT2D eigenvalue weighted by Crippen LogP contribution is 2.14. The summed E-state index contributed by atoms with van der Waals surface area (Å²) < 4.78 is 13.2. The smallest absolute Gasteiger partial charge is 0.126 e. The number of nitrogens with zero attached hydrogens (tertiary/aromatic N) is 1. The van der Waals surface area contributed by atoms with Gasteiger partial charge in [-0.1, -0.05) is 12.1 Å². The molecule has 1 N–H and O–H groups in total. The zero-order valence-electron chi connectivity index (χ0n) is 10.7. The fourth-order valence-corrected chi connectivity index (χ4v) is 2.43. The maximum atomic E-state index is 13.2. The lowest BCUT2D eigenvalue weighted by molar-refractivity contribution is 0.196. The third kappa shape index (κ3) is 3.27. The van der Waals surface area contributed by atoms with Gasteiger partial charge in [0, 0.05) is 19.1 Å². The first-order valence-electron chi connectivity index (χ1n) is 6.33. The average Bonchev–Trinajstić information content (AvgIpc) is 2.35. The zero-order valence-corrected chi connectivity index (χ0v) is 10.7. The molecule has 0 radical (unpaired) electrons. The van der Waals surface area contributed by atoms with Gasteiger partial charge in [-0.05, 0) is 50.6 Å². The Labute approximate surface area is 103 Å². The van der Waals surface area contributed by atoms with Crippen molar-refractivity contribution in [1.82, 2.24) is 10.2 Å². The molecule has 2 rings (SSSR count). The number of hydrogen-bond donors (Lipinski definition) is 1. The van der Waals surface area contributed by atoms with Crippen LogP contribution in [0.2, 0.25) is 0 Å². The third-order valence-corrected chi connectivity index (χ3v) is 3.55. The normalized spacial score (nSPS) is 20.8. The van der Waals surface area contributed by atoms with E-state index in [4.69, 9.17) is 0 Å². The van der Waals surface area contributed by atoms with Gasteiger partial charge >= 0.3 is 0 Å². The van der Waals surface area contributed by atoms with E-state index in [0.717, 1.165) is 25.2 Å². The Morgan fingerprint density at radius 1 is 1.47 bits per heavy atom. The predicted molar refractivity (Wildman–Crippen MR) is 68.5 cm³/mol. The Morgan fingerprint density at radius 2 is 2.29 bits per heavy atom. The minimum Gasteiger partial charge on any atom is -0.315 e. The van der Waals surface area contributed by atoms with Crippen molar-refractivity contribution in [3.63, 3.8) is 0 Å². The number of rotatable bonds is 3. The number of aryl methyl sites for hydroxylation is 1. The lowest BCUT2D eigenvalue weighted by Crippen LogP contribution is -2.43. The molecule has 1 heterocycles. The van der Waals surface area contributed by atoms with E-state index in [1.165, 1.54) is 18.4 Å². The molecule has 3 heteroatoms. The molecule has 2 nitrogen and oxygen atoms in total. The van der Waals surface area contributed by atoms with Gasteiger partial charge in [0.1, 0.15) is 5.82 Å². The van der Waals surface area contributed by atoms with Crippen LogP contribution in [0.25, 0.3) is 0 Å². The fraction of sp³-hybridized carbons (Fsp3) is 0.571. The van der Waals surface area contributed by atoms with Crippen LogP contribution in [0, 0.1) is 12.7 Å². The monoisotopic (exact) mass is 236 g/mol. The number of likely N-dealkylation sites (N-methyl/N-ethyl adjacent to an activating group) is 1. The van der Waals surface area contributed by atoms with Crippen LogP contribution in [-0.2, 0) is 6.54 Å². The molecule has 1 fully saturated rings. The maximum Gasteiger partial charge on any atom is 0.126 e. The Morgan fingerprint density at radius 3 is 2.94 bits per heavy atom. The van der Waals surface area contributed by atoms with Crippen molar-refractivity contribution in [2.24, 2.45) is 0 Å². The summed E-state index contributed by atoms with van der Waals surface area (Å²) in [7, 11) is 2.15. The molecule has 0 spiro atoms. The van der Waals surface area contributed by atoms with E-state index in [9.17, 15) is 4.39 Å². The van der Waals surface area contributed by atoms with E-state index < -0.39 is 0 Å². The van der Waals surface area contributed by atoms with E-state index >= 15 is 0 Å². The number of halogens is 1. The van der Waals surface area contributed by atoms with Gasteiger partial charge in [-0.25, -0.2) is 4.39 Å². The van der Waals surface area contributed by atoms with Crippen LogP contribution in [0.1, 0.15) is 24.0 Å². The molecule has 1 aliphatic heterocycles. The number of hydrogen-bond acceptors (Lipinski definition) is 2. The van der Waals surface area contributed by atoms with Gasteiger partial charge in [-0.2, -0.15) is 0 Å². The van der Waals surface area contributed by atoms with Crippen molar-refractivity contribution >= 4 is 0 Å². The van der Waals surface area contributed by atoms with Crippen LogP contribution >= 0.6 is 0 Å². The van der Waals surface area contributed by atoms with E-state index in [2.05, 4.69) is 17.3 Å². The fourth-order valence-electron chi connectivity index (χ4n) is 2.43. The van der Waals surface area contributed by atoms with Crippen molar-refractivity contribution in [2.75, 3.05) is 20.1 Å². The van der Waals surface area contributed by atoms with Crippen LogP contribution in [0.4, 0.5) is 4.39 Å². The van der Waals surface area contributed by atoms with Gasteiger partial charge in [0.05, 0.1) is 0 Å². The molecule has 1 saturated heterocycles. The molecule has 0 aliphatic carbocycles. The molecule has 0 aromatic heterocycles. The first kappa shape index (κ1) is 12.5. The van der Waals surface area contributed by atoms with Crippen molar-refractivity contribution in [3.05, 3.63) is 35.1 Å². The quantitative estimate of drug-likeness (QED) is 0.866. The minimum atomic E-state index is -0.115. The molecule has 1 aromatic carbocycles. The SMILES string of the molecule is Cc1cc(CN(C)C2CCCNC2)ccc1F. The van der Waals surface area contributed by atoms with E-state index in [0.29, 0.717) is 6.04 Å². The standard InChI is InChI=1S/C14H21FN2/c1-11-8-12(5-6-14(11)15)10-17(2)13-4-3-7-16-9-13/h5-6,8,13,16H,3-4,7,9-10H2,1-2H3. The Bertz CT molecular complexity index is 372. The topological polar surface area (TPSA) is 15.3 Å². The third-order valence-electron chi connectivity index (χ3n) is 3.55. The number of benzene rings is 1. The van der Waals surface area contributed by atoms with Gasteiger partial charge in [-0.15, -0.1) is 0 Å². The van der Waals surface area contributed by atoms with Crippen molar-refractivity contribution in [2.45, 2.75) is 32.4 Å². The molecule has 94 valence electrons. The first-order chi connectivity index (χ1) is 8.16. The minimum absolute atomic E-state index is 0.115. The summed E-state index contributed by atoms with van der Waals surface area (Å²) >= 11 is 0. The van der Waals surface area contributed by atoms with E-state index in [1.54, 1.807) is 6.07 Å². The highest BCUT2D eigenvalue weighted by atomic mass is 19.1. The van der Waals surface area contributed by atoms with Gasteiger partial charge in [0.2, 0.25) is 0 Å². The van der Waals surface area contributed by atoms with Crippen molar-refractivity contribution < 1.29 is 4.39 Å². The lowest BCUT2D eigenvalue weighted by atomic mass is 10.0. The van der Waals surface area contributed by atoms with Crippen molar-refractivity contribution in [1.29, 1.82) is 0 Å². The lowest BCUT2D eigenvalue weighted by Gasteiger charge is -2.31. The second-order valence-electron chi connectivity index (χ2n) is 5.00. The molecular formula is C14H21FN2. The summed E-state index contributed by atoms with van der Waals surface area (Å²) in [6, 6.07) is 6.00. The van der Waals surface area contributed by atoms with Crippen LogP contribution in [0.15, 0.2) is 18.2 Å². The van der Waals surface area contributed by atoms with Gasteiger partial charge < -0.3 is 5.32 Å². The summed E-state index contributed by atoms with van der Waals surface area (Å²) in [5, 5.41) is 3.42. The van der Waals surface area contributed by atoms with Gasteiger partial charge in [-0.3, -0.25) is 4.90 Å². The highest BCUT2D eigenvalue weighted by Gasteiger charge is 2.17. The molecule has 1 atom stereocenters. The second kappa shape index (κ2) is 5.61. The Hall–Kier alpha value is -0.930. The van der Waals surface area contributed by atoms with Gasteiger partial charge in [0.15, 0.2) is 0 Å². The van der Waals surface area contributed by atoms with Crippen LogP contribution in [-0.4, -0.2) is 31.1 Å². The summed E-state index contributed by atoms with van der Waals surface area (Å²) in [5.74, 6) is -0.115. The molecular weight excluding hydrogens is 215 g/mol. The van der Waals surface area contributed by atoms with E-state index in [-0.39, 0.29) is 5.82 Å². The average molecular weight is 236 g/mol. The van der Waals surface area contributed by atoms with Crippen LogP contribution in [0.5, 0.6) is 0 Å². The second-order valence-corrected chi connectivity index (χ2v) is 5.00. The molecule has 0 bridgehead atoms. The molecule has 0 amide bonds. The van der Waals surface area contributed by atoms with E-state index in [1.807, 2.05) is 19.1 Å². The first-order valence-corrected chi connectivity index (χ1v) is 6.33. The molecule has 1 aliphatic rings.